The molecule has 0 bridgehead atoms. The van der Waals surface area contributed by atoms with Gasteiger partial charge in [-0.2, -0.15) is 0 Å². The average molecular weight is 268 g/mol. The number of nitrogens with zero attached hydrogens (tertiary/aromatic N) is 1. The van der Waals surface area contributed by atoms with Gasteiger partial charge in [-0.3, -0.25) is 10.1 Å². The number of aliphatic hydroxyl groups is 1. The second-order valence-electron chi connectivity index (χ2n) is 4.89. The molecular weight excluding hydrogens is 248 g/mol. The summed E-state index contributed by atoms with van der Waals surface area (Å²) in [6.07, 6.45) is 0. The standard InChI is InChI=1S/C13H20N2O4/c1-5-19-10-6-7-11(12(8-10)15(17)18)14-9(2)13(3,4)16/h6-9,14,16H,5H2,1-4H3. The molecule has 0 aliphatic carbocycles. The lowest BCUT2D eigenvalue weighted by molar-refractivity contribution is -0.384. The second-order valence-corrected chi connectivity index (χ2v) is 4.89. The van der Waals surface area contributed by atoms with E-state index in [1.165, 1.54) is 6.07 Å². The minimum absolute atomic E-state index is 0.0675. The summed E-state index contributed by atoms with van der Waals surface area (Å²) in [5.74, 6) is 0.454. The van der Waals surface area contributed by atoms with E-state index in [0.717, 1.165) is 0 Å². The first-order valence-corrected chi connectivity index (χ1v) is 6.16. The summed E-state index contributed by atoms with van der Waals surface area (Å²) >= 11 is 0. The van der Waals surface area contributed by atoms with Crippen LogP contribution in [0.15, 0.2) is 18.2 Å². The Labute approximate surface area is 112 Å². The van der Waals surface area contributed by atoms with Crippen molar-refractivity contribution in [2.75, 3.05) is 11.9 Å². The van der Waals surface area contributed by atoms with E-state index in [1.807, 2.05) is 6.92 Å². The van der Waals surface area contributed by atoms with Gasteiger partial charge in [0.2, 0.25) is 0 Å². The van der Waals surface area contributed by atoms with Gasteiger partial charge in [-0.25, -0.2) is 0 Å². The molecule has 1 aromatic carbocycles. The third-order valence-corrected chi connectivity index (χ3v) is 2.91. The van der Waals surface area contributed by atoms with Gasteiger partial charge in [0.25, 0.3) is 5.69 Å². The molecule has 1 unspecified atom stereocenters. The fourth-order valence-electron chi connectivity index (χ4n) is 1.45. The maximum Gasteiger partial charge on any atom is 0.296 e. The van der Waals surface area contributed by atoms with E-state index in [2.05, 4.69) is 5.32 Å². The zero-order chi connectivity index (χ0) is 14.6. The van der Waals surface area contributed by atoms with Crippen molar-refractivity contribution in [1.82, 2.24) is 0 Å². The van der Waals surface area contributed by atoms with Crippen molar-refractivity contribution in [3.63, 3.8) is 0 Å². The quantitative estimate of drug-likeness (QED) is 0.612. The zero-order valence-electron chi connectivity index (χ0n) is 11.6. The molecule has 0 fully saturated rings. The second kappa shape index (κ2) is 5.88. The number of rotatable bonds is 6. The minimum atomic E-state index is -0.980. The molecule has 0 saturated carbocycles. The molecule has 106 valence electrons. The van der Waals surface area contributed by atoms with E-state index in [0.29, 0.717) is 18.0 Å². The molecule has 1 atom stereocenters. The summed E-state index contributed by atoms with van der Waals surface area (Å²) < 4.78 is 5.24. The lowest BCUT2D eigenvalue weighted by atomic mass is 10.0. The first-order chi connectivity index (χ1) is 8.75. The zero-order valence-corrected chi connectivity index (χ0v) is 11.6. The monoisotopic (exact) mass is 268 g/mol. The summed E-state index contributed by atoms with van der Waals surface area (Å²) in [4.78, 5) is 10.6. The van der Waals surface area contributed by atoms with Crippen molar-refractivity contribution in [3.8, 4) is 5.75 Å². The maximum atomic E-state index is 11.1. The molecule has 0 spiro atoms. The first-order valence-electron chi connectivity index (χ1n) is 6.16. The Morgan fingerprint density at radius 2 is 2.16 bits per heavy atom. The lowest BCUT2D eigenvalue weighted by Crippen LogP contribution is -2.39. The van der Waals surface area contributed by atoms with E-state index < -0.39 is 10.5 Å². The Balaban J connectivity index is 3.03. The van der Waals surface area contributed by atoms with Crippen LogP contribution in [0, 0.1) is 10.1 Å². The SMILES string of the molecule is CCOc1ccc(NC(C)C(C)(C)O)c([N+](=O)[O-])c1. The molecule has 6 heteroatoms. The van der Waals surface area contributed by atoms with Gasteiger partial charge in [0.15, 0.2) is 0 Å². The van der Waals surface area contributed by atoms with Crippen molar-refractivity contribution in [3.05, 3.63) is 28.3 Å². The Morgan fingerprint density at radius 3 is 2.63 bits per heavy atom. The van der Waals surface area contributed by atoms with E-state index in [-0.39, 0.29) is 11.7 Å². The summed E-state index contributed by atoms with van der Waals surface area (Å²) in [6, 6.07) is 4.30. The van der Waals surface area contributed by atoms with Gasteiger partial charge in [-0.05, 0) is 39.8 Å². The number of hydrogen-bond acceptors (Lipinski definition) is 5. The summed E-state index contributed by atoms with van der Waals surface area (Å²) in [7, 11) is 0. The molecule has 0 amide bonds. The molecule has 1 aromatic rings. The van der Waals surface area contributed by atoms with Crippen molar-refractivity contribution in [2.45, 2.75) is 39.3 Å². The molecule has 0 saturated heterocycles. The number of ether oxygens (including phenoxy) is 1. The van der Waals surface area contributed by atoms with Gasteiger partial charge in [-0.15, -0.1) is 0 Å². The van der Waals surface area contributed by atoms with Crippen LogP contribution in [-0.4, -0.2) is 28.3 Å². The van der Waals surface area contributed by atoms with Crippen LogP contribution in [-0.2, 0) is 0 Å². The molecule has 2 N–H and O–H groups in total. The number of nitrogens with one attached hydrogen (secondary N) is 1. The van der Waals surface area contributed by atoms with Gasteiger partial charge in [0, 0.05) is 0 Å². The number of hydrogen-bond donors (Lipinski definition) is 2. The predicted octanol–water partition coefficient (Wildman–Crippen LogP) is 2.56. The molecule has 0 radical (unpaired) electrons. The van der Waals surface area contributed by atoms with Crippen molar-refractivity contribution in [2.24, 2.45) is 0 Å². The van der Waals surface area contributed by atoms with Crippen LogP contribution in [0.2, 0.25) is 0 Å². The Kier molecular flexibility index (Phi) is 4.72. The molecule has 0 aliphatic heterocycles. The van der Waals surface area contributed by atoms with Crippen LogP contribution >= 0.6 is 0 Å². The van der Waals surface area contributed by atoms with Gasteiger partial charge in [0.1, 0.15) is 11.4 Å². The van der Waals surface area contributed by atoms with E-state index in [4.69, 9.17) is 4.74 Å². The van der Waals surface area contributed by atoms with Crippen LogP contribution < -0.4 is 10.1 Å². The van der Waals surface area contributed by atoms with Crippen molar-refractivity contribution in [1.29, 1.82) is 0 Å². The minimum Gasteiger partial charge on any atom is -0.494 e. The van der Waals surface area contributed by atoms with Crippen LogP contribution in [0.5, 0.6) is 5.75 Å². The smallest absolute Gasteiger partial charge is 0.296 e. The molecule has 0 aliphatic rings. The fraction of sp³-hybridized carbons (Fsp3) is 0.538. The largest absolute Gasteiger partial charge is 0.494 e. The van der Waals surface area contributed by atoms with Gasteiger partial charge < -0.3 is 15.2 Å². The number of nitro benzene ring substituents is 1. The van der Waals surface area contributed by atoms with Crippen LogP contribution in [0.1, 0.15) is 27.7 Å². The Hall–Kier alpha value is -1.82. The number of nitro groups is 1. The topological polar surface area (TPSA) is 84.6 Å². The first kappa shape index (κ1) is 15.2. The van der Waals surface area contributed by atoms with Gasteiger partial charge in [0.05, 0.1) is 29.2 Å². The van der Waals surface area contributed by atoms with Crippen LogP contribution in [0.25, 0.3) is 0 Å². The van der Waals surface area contributed by atoms with Crippen molar-refractivity contribution < 1.29 is 14.8 Å². The Bertz CT molecular complexity index is 454. The third-order valence-electron chi connectivity index (χ3n) is 2.91. The average Bonchev–Trinajstić information content (AvgIpc) is 2.29. The lowest BCUT2D eigenvalue weighted by Gasteiger charge is -2.27. The van der Waals surface area contributed by atoms with E-state index in [9.17, 15) is 15.2 Å². The summed E-state index contributed by atoms with van der Waals surface area (Å²) in [5.41, 5.74) is -0.683. The number of anilines is 1. The maximum absolute atomic E-state index is 11.1. The van der Waals surface area contributed by atoms with Crippen LogP contribution in [0.3, 0.4) is 0 Å². The molecule has 19 heavy (non-hydrogen) atoms. The summed E-state index contributed by atoms with van der Waals surface area (Å²) in [5, 5.41) is 23.9. The van der Waals surface area contributed by atoms with E-state index >= 15 is 0 Å². The number of benzene rings is 1. The molecule has 0 heterocycles. The highest BCUT2D eigenvalue weighted by Crippen LogP contribution is 2.30. The molecule has 1 rings (SSSR count). The predicted molar refractivity (Wildman–Crippen MR) is 73.6 cm³/mol. The van der Waals surface area contributed by atoms with Gasteiger partial charge >= 0.3 is 0 Å². The van der Waals surface area contributed by atoms with E-state index in [1.54, 1.807) is 32.9 Å². The molecule has 0 aromatic heterocycles. The normalized spacial score (nSPS) is 12.9. The third kappa shape index (κ3) is 4.10. The molecular formula is C13H20N2O4. The van der Waals surface area contributed by atoms with Crippen LogP contribution in [0.4, 0.5) is 11.4 Å². The Morgan fingerprint density at radius 1 is 1.53 bits per heavy atom. The fourth-order valence-corrected chi connectivity index (χ4v) is 1.45. The highest BCUT2D eigenvalue weighted by molar-refractivity contribution is 5.64. The molecule has 6 nitrogen and oxygen atoms in total. The highest BCUT2D eigenvalue weighted by atomic mass is 16.6. The highest BCUT2D eigenvalue weighted by Gasteiger charge is 2.25. The van der Waals surface area contributed by atoms with Gasteiger partial charge in [-0.1, -0.05) is 0 Å². The van der Waals surface area contributed by atoms with Crippen molar-refractivity contribution >= 4 is 11.4 Å². The summed E-state index contributed by atoms with van der Waals surface area (Å²) in [6.45, 7) is 7.31.